The van der Waals surface area contributed by atoms with Crippen LogP contribution in [0.4, 0.5) is 0 Å². The van der Waals surface area contributed by atoms with Gasteiger partial charge in [0.2, 0.25) is 0 Å². The molecule has 0 unspecified atom stereocenters. The number of benzene rings is 1. The van der Waals surface area contributed by atoms with Crippen LogP contribution >= 0.6 is 43.2 Å². The van der Waals surface area contributed by atoms with E-state index < -0.39 is 0 Å². The predicted octanol–water partition coefficient (Wildman–Crippen LogP) is 4.35. The first kappa shape index (κ1) is 12.9. The highest BCUT2D eigenvalue weighted by atomic mass is 79.9. The second kappa shape index (κ2) is 5.37. The molecule has 0 saturated heterocycles. The summed E-state index contributed by atoms with van der Waals surface area (Å²) in [6, 6.07) is 3.82. The third kappa shape index (κ3) is 2.48. The van der Waals surface area contributed by atoms with E-state index >= 15 is 0 Å². The standard InChI is InChI=1S/C11H9Br2NO2S/c1-15-7-4-3-6(10(16-2)9(7)13)11-14-8(12)5-17-11/h3-5H,1-2H3. The smallest absolute Gasteiger partial charge is 0.147 e. The van der Waals surface area contributed by atoms with E-state index in [9.17, 15) is 0 Å². The van der Waals surface area contributed by atoms with E-state index in [2.05, 4.69) is 36.8 Å². The largest absolute Gasteiger partial charge is 0.495 e. The van der Waals surface area contributed by atoms with Gasteiger partial charge in [-0.1, -0.05) is 0 Å². The summed E-state index contributed by atoms with van der Waals surface area (Å²) in [7, 11) is 3.25. The molecule has 0 N–H and O–H groups in total. The number of thiazole rings is 1. The van der Waals surface area contributed by atoms with Gasteiger partial charge >= 0.3 is 0 Å². The minimum atomic E-state index is 0.728. The minimum absolute atomic E-state index is 0.728. The topological polar surface area (TPSA) is 31.4 Å². The lowest BCUT2D eigenvalue weighted by Gasteiger charge is -2.11. The van der Waals surface area contributed by atoms with Gasteiger partial charge in [0.25, 0.3) is 0 Å². The Hall–Kier alpha value is -0.590. The van der Waals surface area contributed by atoms with Gasteiger partial charge in [0.1, 0.15) is 25.6 Å². The maximum absolute atomic E-state index is 5.41. The lowest BCUT2D eigenvalue weighted by atomic mass is 10.2. The van der Waals surface area contributed by atoms with Gasteiger partial charge in [0, 0.05) is 5.38 Å². The van der Waals surface area contributed by atoms with Crippen molar-refractivity contribution < 1.29 is 9.47 Å². The molecule has 0 aliphatic rings. The van der Waals surface area contributed by atoms with Gasteiger partial charge < -0.3 is 9.47 Å². The van der Waals surface area contributed by atoms with Gasteiger partial charge in [-0.25, -0.2) is 4.98 Å². The van der Waals surface area contributed by atoms with Gasteiger partial charge in [-0.15, -0.1) is 11.3 Å². The predicted molar refractivity (Wildman–Crippen MR) is 76.1 cm³/mol. The van der Waals surface area contributed by atoms with Gasteiger partial charge in [-0.3, -0.25) is 0 Å². The van der Waals surface area contributed by atoms with E-state index in [4.69, 9.17) is 9.47 Å². The minimum Gasteiger partial charge on any atom is -0.495 e. The van der Waals surface area contributed by atoms with Gasteiger partial charge in [0.15, 0.2) is 0 Å². The summed E-state index contributed by atoms with van der Waals surface area (Å²) in [6.07, 6.45) is 0. The van der Waals surface area contributed by atoms with Gasteiger partial charge in [-0.2, -0.15) is 0 Å². The van der Waals surface area contributed by atoms with Crippen LogP contribution in [0.15, 0.2) is 26.6 Å². The Morgan fingerprint density at radius 1 is 1.18 bits per heavy atom. The number of nitrogens with zero attached hydrogens (tertiary/aromatic N) is 1. The van der Waals surface area contributed by atoms with Gasteiger partial charge in [-0.05, 0) is 44.0 Å². The Bertz CT molecular complexity index is 542. The van der Waals surface area contributed by atoms with Crippen molar-refractivity contribution in [2.45, 2.75) is 0 Å². The maximum atomic E-state index is 5.41. The van der Waals surface area contributed by atoms with Crippen molar-refractivity contribution in [1.29, 1.82) is 0 Å². The number of hydrogen-bond acceptors (Lipinski definition) is 4. The van der Waals surface area contributed by atoms with Crippen LogP contribution in [0.25, 0.3) is 10.6 Å². The molecule has 0 bridgehead atoms. The summed E-state index contributed by atoms with van der Waals surface area (Å²) in [5.74, 6) is 1.47. The van der Waals surface area contributed by atoms with Crippen molar-refractivity contribution >= 4 is 43.2 Å². The van der Waals surface area contributed by atoms with Crippen LogP contribution in [0.2, 0.25) is 0 Å². The molecule has 90 valence electrons. The monoisotopic (exact) mass is 377 g/mol. The van der Waals surface area contributed by atoms with E-state index in [0.29, 0.717) is 0 Å². The van der Waals surface area contributed by atoms with Crippen molar-refractivity contribution in [2.75, 3.05) is 14.2 Å². The fourth-order valence-electron chi connectivity index (χ4n) is 1.44. The Balaban J connectivity index is 2.58. The molecule has 17 heavy (non-hydrogen) atoms. The van der Waals surface area contributed by atoms with Crippen LogP contribution < -0.4 is 9.47 Å². The molecule has 0 radical (unpaired) electrons. The summed E-state index contributed by atoms with van der Waals surface area (Å²) in [5.41, 5.74) is 0.941. The first-order valence-corrected chi connectivity index (χ1v) is 7.15. The average Bonchev–Trinajstić information content (AvgIpc) is 2.75. The first-order valence-electron chi connectivity index (χ1n) is 4.69. The molecule has 0 aliphatic heterocycles. The zero-order valence-electron chi connectivity index (χ0n) is 9.16. The maximum Gasteiger partial charge on any atom is 0.147 e. The average molecular weight is 379 g/mol. The summed E-state index contributed by atoms with van der Waals surface area (Å²) in [5, 5.41) is 2.84. The van der Waals surface area contributed by atoms with E-state index in [1.54, 1.807) is 25.6 Å². The lowest BCUT2D eigenvalue weighted by molar-refractivity contribution is 0.390. The molecule has 1 aromatic carbocycles. The second-order valence-electron chi connectivity index (χ2n) is 3.14. The van der Waals surface area contributed by atoms with E-state index in [0.717, 1.165) is 31.1 Å². The first-order chi connectivity index (χ1) is 8.17. The van der Waals surface area contributed by atoms with Crippen molar-refractivity contribution in [3.8, 4) is 22.1 Å². The molecule has 1 heterocycles. The molecule has 0 saturated carbocycles. The quantitative estimate of drug-likeness (QED) is 0.795. The van der Waals surface area contributed by atoms with Crippen LogP contribution in [0.5, 0.6) is 11.5 Å². The fourth-order valence-corrected chi connectivity index (χ4v) is 3.39. The molecule has 0 atom stereocenters. The summed E-state index contributed by atoms with van der Waals surface area (Å²) in [6.45, 7) is 0. The van der Waals surface area contributed by atoms with Crippen LogP contribution in [0.1, 0.15) is 0 Å². The van der Waals surface area contributed by atoms with E-state index in [1.165, 1.54) is 0 Å². The third-order valence-electron chi connectivity index (χ3n) is 2.19. The molecule has 0 fully saturated rings. The highest BCUT2D eigenvalue weighted by molar-refractivity contribution is 9.10. The summed E-state index contributed by atoms with van der Waals surface area (Å²) < 4.78 is 12.3. The number of methoxy groups -OCH3 is 2. The molecule has 0 aliphatic carbocycles. The zero-order valence-corrected chi connectivity index (χ0v) is 13.1. The third-order valence-corrected chi connectivity index (χ3v) is 4.53. The lowest BCUT2D eigenvalue weighted by Crippen LogP contribution is -1.92. The highest BCUT2D eigenvalue weighted by Crippen LogP contribution is 2.42. The molecule has 3 nitrogen and oxygen atoms in total. The van der Waals surface area contributed by atoms with Gasteiger partial charge in [0.05, 0.1) is 19.8 Å². The van der Waals surface area contributed by atoms with Crippen LogP contribution in [-0.2, 0) is 0 Å². The normalized spacial score (nSPS) is 10.4. The van der Waals surface area contributed by atoms with Crippen molar-refractivity contribution in [1.82, 2.24) is 4.98 Å². The molecule has 2 rings (SSSR count). The number of aromatic nitrogens is 1. The molecule has 0 spiro atoms. The van der Waals surface area contributed by atoms with E-state index in [1.807, 2.05) is 17.5 Å². The molecular weight excluding hydrogens is 370 g/mol. The SMILES string of the molecule is COc1ccc(-c2nc(Br)cs2)c(OC)c1Br. The molecule has 1 aromatic heterocycles. The number of rotatable bonds is 3. The van der Waals surface area contributed by atoms with E-state index in [-0.39, 0.29) is 0 Å². The molecule has 6 heteroatoms. The van der Waals surface area contributed by atoms with Crippen molar-refractivity contribution in [3.05, 3.63) is 26.6 Å². The Morgan fingerprint density at radius 3 is 2.47 bits per heavy atom. The Labute approximate surface area is 120 Å². The summed E-state index contributed by atoms with van der Waals surface area (Å²) in [4.78, 5) is 4.38. The van der Waals surface area contributed by atoms with Crippen LogP contribution in [0, 0.1) is 0 Å². The van der Waals surface area contributed by atoms with Crippen molar-refractivity contribution in [2.24, 2.45) is 0 Å². The number of ether oxygens (including phenoxy) is 2. The van der Waals surface area contributed by atoms with Crippen LogP contribution in [0.3, 0.4) is 0 Å². The molecule has 2 aromatic rings. The summed E-state index contributed by atoms with van der Waals surface area (Å²) >= 11 is 8.37. The Morgan fingerprint density at radius 2 is 1.94 bits per heavy atom. The number of hydrogen-bond donors (Lipinski definition) is 0. The second-order valence-corrected chi connectivity index (χ2v) is 5.60. The van der Waals surface area contributed by atoms with Crippen LogP contribution in [-0.4, -0.2) is 19.2 Å². The molecular formula is C11H9Br2NO2S. The molecule has 0 amide bonds. The zero-order chi connectivity index (χ0) is 12.4. The Kier molecular flexibility index (Phi) is 4.06. The highest BCUT2D eigenvalue weighted by Gasteiger charge is 2.16. The fraction of sp³-hybridized carbons (Fsp3) is 0.182. The number of halogens is 2. The van der Waals surface area contributed by atoms with Crippen molar-refractivity contribution in [3.63, 3.8) is 0 Å².